The topological polar surface area (TPSA) is 6.48 Å². The third-order valence-electron chi connectivity index (χ3n) is 2.93. The van der Waals surface area contributed by atoms with Crippen molar-refractivity contribution in [1.29, 1.82) is 0 Å². The van der Waals surface area contributed by atoms with Crippen LogP contribution in [0.1, 0.15) is 13.3 Å². The van der Waals surface area contributed by atoms with Gasteiger partial charge in [0.15, 0.2) is 0 Å². The molecule has 2 saturated heterocycles. The van der Waals surface area contributed by atoms with Crippen molar-refractivity contribution in [2.75, 3.05) is 39.8 Å². The summed E-state index contributed by atoms with van der Waals surface area (Å²) >= 11 is 0. The van der Waals surface area contributed by atoms with E-state index in [0.29, 0.717) is 5.41 Å². The molecule has 0 aromatic heterocycles. The third kappa shape index (κ3) is 1.72. The van der Waals surface area contributed by atoms with Gasteiger partial charge in [0.2, 0.25) is 0 Å². The van der Waals surface area contributed by atoms with Gasteiger partial charge in [-0.2, -0.15) is 0 Å². The maximum atomic E-state index is 3.20. The first kappa shape index (κ1) is 9.05. The Morgan fingerprint density at radius 1 is 1.15 bits per heavy atom. The van der Waals surface area contributed by atoms with Crippen LogP contribution in [-0.4, -0.2) is 49.6 Å². The minimum atomic E-state index is 0.669. The van der Waals surface area contributed by atoms with E-state index in [9.17, 15) is 0 Å². The van der Waals surface area contributed by atoms with Gasteiger partial charge in [-0.05, 0) is 7.05 Å². The Hall–Kier alpha value is -0.520. The highest BCUT2D eigenvalue weighted by Crippen LogP contribution is 2.38. The molecule has 2 heteroatoms. The Kier molecular flexibility index (Phi) is 2.31. The van der Waals surface area contributed by atoms with Crippen LogP contribution in [0.4, 0.5) is 0 Å². The van der Waals surface area contributed by atoms with E-state index in [0.717, 1.165) is 13.0 Å². The van der Waals surface area contributed by atoms with Crippen LogP contribution < -0.4 is 0 Å². The normalized spacial score (nSPS) is 26.0. The van der Waals surface area contributed by atoms with E-state index < -0.39 is 0 Å². The van der Waals surface area contributed by atoms with Crippen molar-refractivity contribution in [3.05, 3.63) is 0 Å². The highest BCUT2D eigenvalue weighted by molar-refractivity contribution is 5.09. The van der Waals surface area contributed by atoms with Crippen LogP contribution in [0.3, 0.4) is 0 Å². The van der Waals surface area contributed by atoms with Gasteiger partial charge in [-0.15, -0.1) is 5.92 Å². The van der Waals surface area contributed by atoms with Gasteiger partial charge < -0.3 is 4.90 Å². The molecule has 2 rings (SSSR count). The van der Waals surface area contributed by atoms with Gasteiger partial charge in [-0.25, -0.2) is 0 Å². The fraction of sp³-hybridized carbons (Fsp3) is 0.818. The third-order valence-corrected chi connectivity index (χ3v) is 2.93. The van der Waals surface area contributed by atoms with Crippen molar-refractivity contribution in [1.82, 2.24) is 9.80 Å². The van der Waals surface area contributed by atoms with Crippen LogP contribution in [0.5, 0.6) is 0 Å². The molecule has 0 N–H and O–H groups in total. The molecule has 2 aliphatic heterocycles. The molecule has 2 heterocycles. The van der Waals surface area contributed by atoms with E-state index in [1.54, 1.807) is 0 Å². The number of hydrogen-bond acceptors (Lipinski definition) is 2. The van der Waals surface area contributed by atoms with E-state index in [1.165, 1.54) is 26.2 Å². The van der Waals surface area contributed by atoms with Gasteiger partial charge >= 0.3 is 0 Å². The number of nitrogens with zero attached hydrogens (tertiary/aromatic N) is 2. The molecule has 0 amide bonds. The van der Waals surface area contributed by atoms with Gasteiger partial charge in [0.05, 0.1) is 6.54 Å². The smallest absolute Gasteiger partial charge is 0.0601 e. The summed E-state index contributed by atoms with van der Waals surface area (Å²) in [5.74, 6) is 6.31. The number of rotatable bonds is 1. The van der Waals surface area contributed by atoms with E-state index >= 15 is 0 Å². The van der Waals surface area contributed by atoms with E-state index in [1.807, 2.05) is 0 Å². The summed E-state index contributed by atoms with van der Waals surface area (Å²) < 4.78 is 0. The summed E-state index contributed by atoms with van der Waals surface area (Å²) in [5, 5.41) is 0. The van der Waals surface area contributed by atoms with Crippen LogP contribution in [-0.2, 0) is 0 Å². The van der Waals surface area contributed by atoms with Gasteiger partial charge in [0, 0.05) is 38.0 Å². The molecule has 0 radical (unpaired) electrons. The first-order valence-corrected chi connectivity index (χ1v) is 5.11. The average molecular weight is 178 g/mol. The quantitative estimate of drug-likeness (QED) is 0.544. The zero-order chi connectivity index (χ0) is 9.31. The number of hydrogen-bond donors (Lipinski definition) is 0. The van der Waals surface area contributed by atoms with Crippen molar-refractivity contribution >= 4 is 0 Å². The Morgan fingerprint density at radius 2 is 1.85 bits per heavy atom. The molecule has 0 atom stereocenters. The maximum absolute atomic E-state index is 3.20. The minimum absolute atomic E-state index is 0.669. The van der Waals surface area contributed by atoms with Crippen LogP contribution >= 0.6 is 0 Å². The largest absolute Gasteiger partial charge is 0.305 e. The maximum Gasteiger partial charge on any atom is 0.0601 e. The molecule has 0 aliphatic carbocycles. The summed E-state index contributed by atoms with van der Waals surface area (Å²) in [6.07, 6.45) is 0.988. The summed E-state index contributed by atoms with van der Waals surface area (Å²) in [6, 6.07) is 0. The van der Waals surface area contributed by atoms with Crippen LogP contribution in [0.2, 0.25) is 0 Å². The molecule has 13 heavy (non-hydrogen) atoms. The predicted octanol–water partition coefficient (Wildman–Crippen LogP) is 0.647. The summed E-state index contributed by atoms with van der Waals surface area (Å²) in [5.41, 5.74) is 0.669. The van der Waals surface area contributed by atoms with Gasteiger partial charge in [0.1, 0.15) is 0 Å². The lowest BCUT2D eigenvalue weighted by atomic mass is 9.73. The molecule has 0 bridgehead atoms. The minimum Gasteiger partial charge on any atom is -0.305 e. The fourth-order valence-electron chi connectivity index (χ4n) is 2.61. The van der Waals surface area contributed by atoms with Gasteiger partial charge in [-0.1, -0.05) is 12.8 Å². The van der Waals surface area contributed by atoms with Gasteiger partial charge in [-0.3, -0.25) is 4.90 Å². The van der Waals surface area contributed by atoms with E-state index in [-0.39, 0.29) is 0 Å². The molecule has 0 aromatic carbocycles. The van der Waals surface area contributed by atoms with Gasteiger partial charge in [0.25, 0.3) is 0 Å². The van der Waals surface area contributed by atoms with E-state index in [2.05, 4.69) is 35.6 Å². The SMILES string of the molecule is CCC#CCN1CC2(CN(C)C2)C1. The first-order valence-electron chi connectivity index (χ1n) is 5.11. The second-order valence-electron chi connectivity index (χ2n) is 4.52. The zero-order valence-electron chi connectivity index (χ0n) is 8.64. The van der Waals surface area contributed by atoms with Crippen molar-refractivity contribution in [3.63, 3.8) is 0 Å². The summed E-state index contributed by atoms with van der Waals surface area (Å²) in [7, 11) is 2.20. The van der Waals surface area contributed by atoms with Crippen LogP contribution in [0.25, 0.3) is 0 Å². The molecule has 2 aliphatic rings. The Bertz CT molecular complexity index is 235. The first-order chi connectivity index (χ1) is 6.24. The molecule has 0 unspecified atom stereocenters. The molecule has 2 fully saturated rings. The molecular formula is C11H18N2. The Balaban J connectivity index is 1.67. The average Bonchev–Trinajstić information content (AvgIpc) is 1.97. The molecule has 2 nitrogen and oxygen atoms in total. The molecule has 0 saturated carbocycles. The Labute approximate surface area is 80.9 Å². The highest BCUT2D eigenvalue weighted by atomic mass is 15.3. The molecule has 0 aromatic rings. The lowest BCUT2D eigenvalue weighted by Gasteiger charge is -2.59. The van der Waals surface area contributed by atoms with Crippen molar-refractivity contribution in [2.24, 2.45) is 5.41 Å². The summed E-state index contributed by atoms with van der Waals surface area (Å²) in [6.45, 7) is 8.23. The van der Waals surface area contributed by atoms with Crippen LogP contribution in [0, 0.1) is 17.3 Å². The van der Waals surface area contributed by atoms with Crippen molar-refractivity contribution in [3.8, 4) is 11.8 Å². The van der Waals surface area contributed by atoms with E-state index in [4.69, 9.17) is 0 Å². The lowest BCUT2D eigenvalue weighted by Crippen LogP contribution is -2.71. The van der Waals surface area contributed by atoms with Crippen molar-refractivity contribution in [2.45, 2.75) is 13.3 Å². The standard InChI is InChI=1S/C11H18N2/c1-3-4-5-6-13-9-11(10-13)7-12(2)8-11/h3,6-10H2,1-2H3. The zero-order valence-corrected chi connectivity index (χ0v) is 8.64. The second-order valence-corrected chi connectivity index (χ2v) is 4.52. The lowest BCUT2D eigenvalue weighted by molar-refractivity contribution is -0.0982. The monoisotopic (exact) mass is 178 g/mol. The second kappa shape index (κ2) is 3.32. The molecule has 1 spiro atoms. The predicted molar refractivity (Wildman–Crippen MR) is 54.4 cm³/mol. The van der Waals surface area contributed by atoms with Crippen molar-refractivity contribution < 1.29 is 0 Å². The molecular weight excluding hydrogens is 160 g/mol. The number of likely N-dealkylation sites (tertiary alicyclic amines) is 2. The Morgan fingerprint density at radius 3 is 2.38 bits per heavy atom. The highest BCUT2D eigenvalue weighted by Gasteiger charge is 2.49. The fourth-order valence-corrected chi connectivity index (χ4v) is 2.61. The van der Waals surface area contributed by atoms with Crippen LogP contribution in [0.15, 0.2) is 0 Å². The summed E-state index contributed by atoms with van der Waals surface area (Å²) in [4.78, 5) is 4.85. The molecule has 72 valence electrons.